The van der Waals surface area contributed by atoms with E-state index >= 15 is 0 Å². The lowest BCUT2D eigenvalue weighted by Crippen LogP contribution is -2.18. The highest BCUT2D eigenvalue weighted by atomic mass is 16.5. The van der Waals surface area contributed by atoms with E-state index in [0.29, 0.717) is 23.7 Å². The van der Waals surface area contributed by atoms with Crippen molar-refractivity contribution in [3.05, 3.63) is 37.0 Å². The molecule has 0 spiro atoms. The molecule has 0 saturated heterocycles. The topological polar surface area (TPSA) is 99.1 Å². The Morgan fingerprint density at radius 2 is 1.54 bits per heavy atom. The van der Waals surface area contributed by atoms with Gasteiger partial charge in [0.15, 0.2) is 0 Å². The van der Waals surface area contributed by atoms with Gasteiger partial charge in [-0.25, -0.2) is 14.4 Å². The predicted octanol–water partition coefficient (Wildman–Crippen LogP) is 3.69. The van der Waals surface area contributed by atoms with Gasteiger partial charge in [0.25, 0.3) is 0 Å². The number of rotatable bonds is 7. The molecule has 0 radical (unpaired) electrons. The largest absolute Gasteiger partial charge is 0.478 e. The number of carbonyl (C=O) groups is 3. The molecule has 7 nitrogen and oxygen atoms in total. The molecule has 0 aromatic rings. The van der Waals surface area contributed by atoms with E-state index in [1.165, 1.54) is 33.5 Å². The van der Waals surface area contributed by atoms with Gasteiger partial charge in [0.05, 0.1) is 25.9 Å². The summed E-state index contributed by atoms with van der Waals surface area (Å²) in [5.74, 6) is -1.25. The van der Waals surface area contributed by atoms with Crippen LogP contribution in [-0.4, -0.2) is 49.9 Å². The van der Waals surface area contributed by atoms with E-state index in [4.69, 9.17) is 9.84 Å². The molecule has 0 aromatic heterocycles. The number of hydrogen-bond acceptors (Lipinski definition) is 6. The van der Waals surface area contributed by atoms with Crippen LogP contribution in [0.3, 0.4) is 0 Å². The fourth-order valence-electron chi connectivity index (χ4n) is 2.40. The molecule has 0 aromatic carbocycles. The Balaban J connectivity index is 0. The molecular weight excluding hydrogens is 364 g/mol. The van der Waals surface area contributed by atoms with Crippen LogP contribution in [0.25, 0.3) is 0 Å². The van der Waals surface area contributed by atoms with E-state index in [0.717, 1.165) is 18.9 Å². The molecule has 1 fully saturated rings. The second-order valence-electron chi connectivity index (χ2n) is 6.01. The van der Waals surface area contributed by atoms with E-state index in [2.05, 4.69) is 29.2 Å². The molecule has 1 unspecified atom stereocenters. The molecule has 160 valence electrons. The van der Waals surface area contributed by atoms with Crippen molar-refractivity contribution in [1.82, 2.24) is 0 Å². The second kappa shape index (κ2) is 16.7. The van der Waals surface area contributed by atoms with Crippen molar-refractivity contribution < 1.29 is 33.7 Å². The highest BCUT2D eigenvalue weighted by Crippen LogP contribution is 2.29. The molecule has 1 aliphatic carbocycles. The third-order valence-corrected chi connectivity index (χ3v) is 4.08. The van der Waals surface area contributed by atoms with Crippen LogP contribution < -0.4 is 0 Å². The molecule has 1 N–H and O–H groups in total. The summed E-state index contributed by atoms with van der Waals surface area (Å²) in [6.45, 7) is 14.5. The van der Waals surface area contributed by atoms with Crippen molar-refractivity contribution >= 4 is 17.9 Å². The highest BCUT2D eigenvalue weighted by Gasteiger charge is 2.21. The Hall–Kier alpha value is -2.41. The molecule has 7 heteroatoms. The maximum Gasteiger partial charge on any atom is 0.335 e. The first-order valence-electron chi connectivity index (χ1n) is 9.17. The number of methoxy groups -OCH3 is 2. The lowest BCUT2D eigenvalue weighted by molar-refractivity contribution is -0.138. The number of aliphatic carboxylic acids is 1. The first-order chi connectivity index (χ1) is 13.2. The minimum Gasteiger partial charge on any atom is -0.478 e. The van der Waals surface area contributed by atoms with Gasteiger partial charge in [0.1, 0.15) is 0 Å². The Bertz CT molecular complexity index is 531. The molecule has 0 bridgehead atoms. The van der Waals surface area contributed by atoms with Gasteiger partial charge >= 0.3 is 17.9 Å². The maximum absolute atomic E-state index is 11.1. The van der Waals surface area contributed by atoms with Gasteiger partial charge in [-0.3, -0.25) is 0 Å². The normalized spacial score (nSPS) is 14.0. The summed E-state index contributed by atoms with van der Waals surface area (Å²) in [6.07, 6.45) is 6.53. The van der Waals surface area contributed by atoms with Crippen LogP contribution in [0, 0.1) is 5.92 Å². The number of carboxylic acid groups (broad SMARTS) is 1. The third-order valence-electron chi connectivity index (χ3n) is 4.08. The molecule has 1 saturated carbocycles. The first-order valence-corrected chi connectivity index (χ1v) is 9.17. The number of carboxylic acids is 1. The van der Waals surface area contributed by atoms with Gasteiger partial charge in [-0.2, -0.15) is 0 Å². The number of hydrogen-bond donors (Lipinski definition) is 1. The smallest absolute Gasteiger partial charge is 0.335 e. The Kier molecular flexibility index (Phi) is 16.6. The van der Waals surface area contributed by atoms with Gasteiger partial charge in [-0.15, -0.1) is 0 Å². The zero-order chi connectivity index (χ0) is 22.1. The Morgan fingerprint density at radius 1 is 1.07 bits per heavy atom. The lowest BCUT2D eigenvalue weighted by Gasteiger charge is -2.21. The van der Waals surface area contributed by atoms with Crippen molar-refractivity contribution in [3.8, 4) is 0 Å². The van der Waals surface area contributed by atoms with E-state index in [1.54, 1.807) is 6.92 Å². The van der Waals surface area contributed by atoms with Gasteiger partial charge in [-0.1, -0.05) is 39.0 Å². The van der Waals surface area contributed by atoms with Crippen molar-refractivity contribution in [3.63, 3.8) is 0 Å². The summed E-state index contributed by atoms with van der Waals surface area (Å²) in [7, 11) is 2.74. The van der Waals surface area contributed by atoms with E-state index in [9.17, 15) is 14.4 Å². The van der Waals surface area contributed by atoms with E-state index in [-0.39, 0.29) is 12.1 Å². The SMILES string of the molecule is C=C(C(=O)OC)C(C)OCC.C=C(C(=O)OC)C1CCCCC1.C=CC(=O)O. The van der Waals surface area contributed by atoms with Crippen LogP contribution in [0.5, 0.6) is 0 Å². The third kappa shape index (κ3) is 12.9. The standard InChI is InChI=1S/C10H16O2.C8H14O3.C3H4O2/c1-8(10(11)12-2)9-6-4-3-5-7-9;1-5-11-7(3)6(2)8(9)10-4;1-2-3(4)5/h9H,1,3-7H2,2H3;7H,2,5H2,1,3-4H3;2H,1H2,(H,4,5). The number of ether oxygens (including phenoxy) is 3. The summed E-state index contributed by atoms with van der Waals surface area (Å²) in [5.41, 5.74) is 1.02. The quantitative estimate of drug-likeness (QED) is 0.516. The molecular formula is C21H34O7. The second-order valence-corrected chi connectivity index (χ2v) is 6.01. The fraction of sp³-hybridized carbons (Fsp3) is 0.571. The summed E-state index contributed by atoms with van der Waals surface area (Å²) < 4.78 is 14.2. The fourth-order valence-corrected chi connectivity index (χ4v) is 2.40. The molecule has 0 amide bonds. The van der Waals surface area contributed by atoms with Crippen LogP contribution in [0.1, 0.15) is 46.0 Å². The highest BCUT2D eigenvalue weighted by molar-refractivity contribution is 5.88. The zero-order valence-electron chi connectivity index (χ0n) is 17.5. The molecule has 1 atom stereocenters. The Labute approximate surface area is 168 Å². The monoisotopic (exact) mass is 398 g/mol. The lowest BCUT2D eigenvalue weighted by atomic mass is 9.84. The summed E-state index contributed by atoms with van der Waals surface area (Å²) >= 11 is 0. The van der Waals surface area contributed by atoms with Crippen molar-refractivity contribution in [2.24, 2.45) is 5.92 Å². The van der Waals surface area contributed by atoms with E-state index in [1.807, 2.05) is 6.92 Å². The van der Waals surface area contributed by atoms with Gasteiger partial charge in [-0.05, 0) is 32.6 Å². The summed E-state index contributed by atoms with van der Waals surface area (Å²) in [4.78, 5) is 31.2. The predicted molar refractivity (Wildman–Crippen MR) is 108 cm³/mol. The number of carbonyl (C=O) groups excluding carboxylic acids is 2. The average molecular weight is 398 g/mol. The van der Waals surface area contributed by atoms with Gasteiger partial charge in [0.2, 0.25) is 0 Å². The van der Waals surface area contributed by atoms with Crippen molar-refractivity contribution in [2.45, 2.75) is 52.1 Å². The summed E-state index contributed by atoms with van der Waals surface area (Å²) in [5, 5.41) is 7.60. The zero-order valence-corrected chi connectivity index (χ0v) is 17.5. The molecule has 28 heavy (non-hydrogen) atoms. The van der Waals surface area contributed by atoms with Crippen LogP contribution in [-0.2, 0) is 28.6 Å². The molecule has 1 rings (SSSR count). The van der Waals surface area contributed by atoms with Crippen LogP contribution in [0.15, 0.2) is 37.0 Å². The van der Waals surface area contributed by atoms with Crippen LogP contribution >= 0.6 is 0 Å². The van der Waals surface area contributed by atoms with Gasteiger partial charge in [0, 0.05) is 18.3 Å². The maximum atomic E-state index is 11.1. The van der Waals surface area contributed by atoms with Crippen LogP contribution in [0.4, 0.5) is 0 Å². The average Bonchev–Trinajstić information content (AvgIpc) is 2.72. The first kappa shape index (κ1) is 27.8. The number of esters is 2. The molecule has 1 aliphatic rings. The molecule has 0 aliphatic heterocycles. The van der Waals surface area contributed by atoms with E-state index < -0.39 is 11.9 Å². The van der Waals surface area contributed by atoms with Crippen molar-refractivity contribution in [1.29, 1.82) is 0 Å². The Morgan fingerprint density at radius 3 is 1.89 bits per heavy atom. The molecule has 0 heterocycles. The minimum absolute atomic E-state index is 0.234. The minimum atomic E-state index is -0.981. The van der Waals surface area contributed by atoms with Gasteiger partial charge < -0.3 is 19.3 Å². The summed E-state index contributed by atoms with van der Waals surface area (Å²) in [6, 6.07) is 0. The van der Waals surface area contributed by atoms with Crippen molar-refractivity contribution in [2.75, 3.05) is 20.8 Å². The van der Waals surface area contributed by atoms with Crippen LogP contribution in [0.2, 0.25) is 0 Å².